The topological polar surface area (TPSA) is 146 Å². The molecule has 10 rings (SSSR count). The van der Waals surface area contributed by atoms with Gasteiger partial charge in [-0.2, -0.15) is 8.78 Å². The molecule has 0 bridgehead atoms. The number of benzene rings is 4. The van der Waals surface area contributed by atoms with Crippen LogP contribution in [0.3, 0.4) is 0 Å². The standard InChI is InChI=1S/C43H39F2N7O5/c1-55-41(54)51-37(24-6-3-2-4-7-24)40(53)52-23-42(56-16-17-57-42)21-36(52)39-48-32-14-11-26(20-34(32)49-39)25-9-12-28-29-13-10-27(19-31(29)43(44,45)30(28)18-25)35-22-47-38(50-35)33-8-5-15-46-33/h2-4,6-7,9-14,18-20,22,33,36-37,46H,5,8,15-17,21,23H2,1H3,(H,47,50)(H,48,49)(H,51,54)/t33?,36-,37+/m0/s1. The van der Waals surface area contributed by atoms with E-state index in [9.17, 15) is 9.59 Å². The van der Waals surface area contributed by atoms with Crippen LogP contribution in [0.2, 0.25) is 0 Å². The summed E-state index contributed by atoms with van der Waals surface area (Å²) in [6.45, 7) is 1.83. The molecule has 4 N–H and O–H groups in total. The number of alkyl halides is 2. The van der Waals surface area contributed by atoms with Crippen LogP contribution < -0.4 is 10.6 Å². The molecule has 2 amide bonds. The lowest BCUT2D eigenvalue weighted by Gasteiger charge is -2.28. The molecule has 3 fully saturated rings. The van der Waals surface area contributed by atoms with Gasteiger partial charge in [0.25, 0.3) is 11.8 Å². The summed E-state index contributed by atoms with van der Waals surface area (Å²) in [6.07, 6.45) is 3.34. The molecule has 5 heterocycles. The van der Waals surface area contributed by atoms with Crippen molar-refractivity contribution in [2.45, 2.75) is 49.1 Å². The molecule has 6 aromatic rings. The highest BCUT2D eigenvalue weighted by Gasteiger charge is 2.53. The number of nitrogens with one attached hydrogen (secondary N) is 4. The Morgan fingerprint density at radius 3 is 2.37 bits per heavy atom. The summed E-state index contributed by atoms with van der Waals surface area (Å²) in [5.41, 5.74) is 5.55. The highest BCUT2D eigenvalue weighted by atomic mass is 19.3. The lowest BCUT2D eigenvalue weighted by atomic mass is 9.98. The van der Waals surface area contributed by atoms with E-state index < -0.39 is 29.9 Å². The molecule has 12 nitrogen and oxygen atoms in total. The van der Waals surface area contributed by atoms with Crippen LogP contribution in [0.15, 0.2) is 91.1 Å². The maximum absolute atomic E-state index is 16.3. The molecule has 1 spiro atoms. The number of carbonyl (C=O) groups excluding carboxylic acids is 2. The Hall–Kier alpha value is -5.96. The van der Waals surface area contributed by atoms with Gasteiger partial charge in [-0.1, -0.05) is 60.7 Å². The lowest BCUT2D eigenvalue weighted by molar-refractivity contribution is -0.153. The second-order valence-corrected chi connectivity index (χ2v) is 15.1. The lowest BCUT2D eigenvalue weighted by Crippen LogP contribution is -2.44. The first kappa shape index (κ1) is 35.5. The van der Waals surface area contributed by atoms with Crippen LogP contribution in [0, 0.1) is 0 Å². The SMILES string of the molecule is COC(=O)N[C@@H](C(=O)N1CC2(C[C@H]1c1nc3ccc(-c4ccc5c(c4)C(F)(F)c4cc(-c6cnc(C7CCCN7)[nH]6)ccc4-5)cc3[nH]1)OCCO2)c1ccccc1. The predicted octanol–water partition coefficient (Wildman–Crippen LogP) is 7.28. The number of hydrogen-bond donors (Lipinski definition) is 4. The normalized spacial score (nSPS) is 20.9. The Morgan fingerprint density at radius 1 is 0.912 bits per heavy atom. The first-order chi connectivity index (χ1) is 27.7. The quantitative estimate of drug-likeness (QED) is 0.133. The van der Waals surface area contributed by atoms with Crippen LogP contribution in [-0.4, -0.2) is 76.0 Å². The van der Waals surface area contributed by atoms with E-state index in [-0.39, 0.29) is 29.6 Å². The fourth-order valence-corrected chi connectivity index (χ4v) is 8.81. The zero-order valence-corrected chi connectivity index (χ0v) is 31.0. The van der Waals surface area contributed by atoms with E-state index in [0.717, 1.165) is 30.8 Å². The maximum atomic E-state index is 16.3. The Kier molecular flexibility index (Phi) is 8.46. The molecule has 1 aliphatic carbocycles. The second-order valence-electron chi connectivity index (χ2n) is 15.1. The third-order valence-electron chi connectivity index (χ3n) is 11.7. The van der Waals surface area contributed by atoms with Crippen LogP contribution in [0.5, 0.6) is 0 Å². The van der Waals surface area contributed by atoms with Crippen LogP contribution in [-0.2, 0) is 24.9 Å². The van der Waals surface area contributed by atoms with E-state index in [1.165, 1.54) is 7.11 Å². The van der Waals surface area contributed by atoms with Gasteiger partial charge in [-0.15, -0.1) is 0 Å². The minimum absolute atomic E-state index is 0.0316. The molecule has 0 saturated carbocycles. The Labute approximate surface area is 326 Å². The van der Waals surface area contributed by atoms with Crippen molar-refractivity contribution in [2.24, 2.45) is 0 Å². The van der Waals surface area contributed by atoms with Gasteiger partial charge < -0.3 is 39.7 Å². The van der Waals surface area contributed by atoms with Gasteiger partial charge in [-0.3, -0.25) is 4.79 Å². The van der Waals surface area contributed by atoms with Crippen molar-refractivity contribution < 1.29 is 32.6 Å². The second kappa shape index (κ2) is 13.6. The molecule has 14 heteroatoms. The number of alkyl carbamates (subject to hydrolysis) is 1. The van der Waals surface area contributed by atoms with Gasteiger partial charge in [-0.05, 0) is 71.5 Å². The minimum Gasteiger partial charge on any atom is -0.453 e. The number of likely N-dealkylation sites (tertiary alicyclic amines) is 1. The van der Waals surface area contributed by atoms with Crippen molar-refractivity contribution in [3.05, 3.63) is 119 Å². The highest BCUT2D eigenvalue weighted by molar-refractivity contribution is 5.89. The van der Waals surface area contributed by atoms with Crippen molar-refractivity contribution in [3.63, 3.8) is 0 Å². The Morgan fingerprint density at radius 2 is 1.63 bits per heavy atom. The average Bonchev–Trinajstić information content (AvgIpc) is 4.10. The van der Waals surface area contributed by atoms with Gasteiger partial charge >= 0.3 is 6.09 Å². The first-order valence-corrected chi connectivity index (χ1v) is 19.1. The van der Waals surface area contributed by atoms with Gasteiger partial charge in [0.05, 0.1) is 61.9 Å². The fraction of sp³-hybridized carbons (Fsp3) is 0.302. The van der Waals surface area contributed by atoms with Crippen molar-refractivity contribution >= 4 is 23.0 Å². The first-order valence-electron chi connectivity index (χ1n) is 19.1. The third kappa shape index (κ3) is 6.06. The van der Waals surface area contributed by atoms with Crippen LogP contribution in [0.1, 0.15) is 65.7 Å². The number of methoxy groups -OCH3 is 1. The molecule has 4 aliphatic rings. The van der Waals surface area contributed by atoms with E-state index in [2.05, 4.69) is 25.6 Å². The molecule has 3 aliphatic heterocycles. The number of rotatable bonds is 7. The van der Waals surface area contributed by atoms with E-state index in [1.807, 2.05) is 36.4 Å². The molecule has 3 saturated heterocycles. The van der Waals surface area contributed by atoms with Gasteiger partial charge in [0.1, 0.15) is 17.7 Å². The van der Waals surface area contributed by atoms with Crippen molar-refractivity contribution in [1.29, 1.82) is 0 Å². The Bertz CT molecular complexity index is 2530. The fourth-order valence-electron chi connectivity index (χ4n) is 8.81. The number of amides is 2. The average molecular weight is 772 g/mol. The summed E-state index contributed by atoms with van der Waals surface area (Å²) < 4.78 is 49.7. The van der Waals surface area contributed by atoms with Crippen LogP contribution in [0.25, 0.3) is 44.5 Å². The number of nitrogens with zero attached hydrogens (tertiary/aromatic N) is 3. The van der Waals surface area contributed by atoms with E-state index >= 15 is 8.78 Å². The molecule has 4 aromatic carbocycles. The third-order valence-corrected chi connectivity index (χ3v) is 11.7. The monoisotopic (exact) mass is 771 g/mol. The summed E-state index contributed by atoms with van der Waals surface area (Å²) in [5, 5.41) is 6.11. The molecule has 0 radical (unpaired) electrons. The highest BCUT2D eigenvalue weighted by Crippen LogP contribution is 2.53. The predicted molar refractivity (Wildman–Crippen MR) is 206 cm³/mol. The number of aromatic nitrogens is 4. The zero-order valence-electron chi connectivity index (χ0n) is 31.0. The van der Waals surface area contributed by atoms with Gasteiger partial charge in [0.15, 0.2) is 5.79 Å². The molecular formula is C43H39F2N7O5. The summed E-state index contributed by atoms with van der Waals surface area (Å²) in [4.78, 5) is 44.6. The largest absolute Gasteiger partial charge is 0.453 e. The van der Waals surface area contributed by atoms with E-state index in [4.69, 9.17) is 19.2 Å². The number of ether oxygens (including phenoxy) is 3. The molecule has 2 aromatic heterocycles. The molecule has 290 valence electrons. The number of imidazole rings is 2. The number of fused-ring (bicyclic) bond motifs is 4. The molecule has 1 unspecified atom stereocenters. The smallest absolute Gasteiger partial charge is 0.407 e. The minimum atomic E-state index is -3.21. The number of aromatic amines is 2. The van der Waals surface area contributed by atoms with Gasteiger partial charge in [0.2, 0.25) is 0 Å². The summed E-state index contributed by atoms with van der Waals surface area (Å²) in [7, 11) is 1.24. The summed E-state index contributed by atoms with van der Waals surface area (Å²) >= 11 is 0. The number of H-pyrrole nitrogens is 2. The summed E-state index contributed by atoms with van der Waals surface area (Å²) in [6, 6.07) is 23.4. The molecule has 57 heavy (non-hydrogen) atoms. The molecule has 3 atom stereocenters. The van der Waals surface area contributed by atoms with Crippen molar-refractivity contribution in [3.8, 4) is 33.5 Å². The summed E-state index contributed by atoms with van der Waals surface area (Å²) in [5.74, 6) is -3.29. The molecular weight excluding hydrogens is 733 g/mol. The van der Waals surface area contributed by atoms with Crippen LogP contribution >= 0.6 is 0 Å². The van der Waals surface area contributed by atoms with Crippen LogP contribution in [0.4, 0.5) is 13.6 Å². The van der Waals surface area contributed by atoms with Crippen molar-refractivity contribution in [1.82, 2.24) is 35.5 Å². The van der Waals surface area contributed by atoms with Crippen molar-refractivity contribution in [2.75, 3.05) is 33.4 Å². The van der Waals surface area contributed by atoms with Gasteiger partial charge in [0, 0.05) is 23.1 Å². The van der Waals surface area contributed by atoms with E-state index in [0.29, 0.717) is 70.0 Å². The number of halogens is 2. The number of carbonyl (C=O) groups is 2. The van der Waals surface area contributed by atoms with Gasteiger partial charge in [-0.25, -0.2) is 14.8 Å². The zero-order chi connectivity index (χ0) is 38.9. The maximum Gasteiger partial charge on any atom is 0.407 e. The number of hydrogen-bond acceptors (Lipinski definition) is 8. The Balaban J connectivity index is 0.947. The van der Waals surface area contributed by atoms with E-state index in [1.54, 1.807) is 59.6 Å².